The van der Waals surface area contributed by atoms with Crippen molar-refractivity contribution in [2.75, 3.05) is 5.32 Å². The van der Waals surface area contributed by atoms with Gasteiger partial charge in [0.25, 0.3) is 0 Å². The molecule has 3 aromatic rings. The van der Waals surface area contributed by atoms with E-state index in [1.807, 2.05) is 12.1 Å². The zero-order valence-electron chi connectivity index (χ0n) is 14.8. The van der Waals surface area contributed by atoms with Crippen LogP contribution in [0.1, 0.15) is 42.6 Å². The summed E-state index contributed by atoms with van der Waals surface area (Å²) in [5.74, 6) is -1.56. The van der Waals surface area contributed by atoms with Crippen LogP contribution in [0.25, 0.3) is 10.9 Å². The van der Waals surface area contributed by atoms with Crippen LogP contribution in [0.2, 0.25) is 5.02 Å². The van der Waals surface area contributed by atoms with Crippen LogP contribution in [0.4, 0.5) is 10.2 Å². The summed E-state index contributed by atoms with van der Waals surface area (Å²) < 4.78 is 14.9. The molecule has 0 aliphatic carbocycles. The number of aromatic amines is 1. The fourth-order valence-electron chi connectivity index (χ4n) is 2.81. The number of anilines is 1. The maximum Gasteiger partial charge on any atom is 0.357 e. The number of aromatic carboxylic acids is 1. The van der Waals surface area contributed by atoms with Gasteiger partial charge in [-0.25, -0.2) is 9.78 Å². The third-order valence-corrected chi connectivity index (χ3v) is 4.53. The summed E-state index contributed by atoms with van der Waals surface area (Å²) in [6, 6.07) is 3.78. The van der Waals surface area contributed by atoms with Gasteiger partial charge in [-0.1, -0.05) is 32.4 Å². The molecule has 3 rings (SSSR count). The average Bonchev–Trinajstić information content (AvgIpc) is 3.03. The minimum atomic E-state index is -1.36. The maximum absolute atomic E-state index is 13.7. The van der Waals surface area contributed by atoms with E-state index in [-0.39, 0.29) is 17.8 Å². The highest BCUT2D eigenvalue weighted by Gasteiger charge is 2.22. The number of carbonyl (C=O) groups is 1. The summed E-state index contributed by atoms with van der Waals surface area (Å²) in [7, 11) is 1.46. The van der Waals surface area contributed by atoms with E-state index in [0.29, 0.717) is 10.8 Å². The smallest absolute Gasteiger partial charge is 0.357 e. The molecule has 0 spiro atoms. The molecule has 1 aromatic carbocycles. The Balaban J connectivity index is 1.93. The second-order valence-electron chi connectivity index (χ2n) is 7.09. The highest BCUT2D eigenvalue weighted by atomic mass is 35.5. The van der Waals surface area contributed by atoms with Crippen molar-refractivity contribution in [3.8, 4) is 0 Å². The Bertz CT molecular complexity index is 1000. The Kier molecular flexibility index (Phi) is 4.39. The van der Waals surface area contributed by atoms with E-state index in [1.165, 1.54) is 11.6 Å². The fraction of sp³-hybridized carbons (Fsp3) is 0.353. The van der Waals surface area contributed by atoms with Gasteiger partial charge in [0.2, 0.25) is 5.95 Å². The van der Waals surface area contributed by atoms with Crippen molar-refractivity contribution in [3.63, 3.8) is 0 Å². The molecule has 2 heterocycles. The van der Waals surface area contributed by atoms with E-state index in [4.69, 9.17) is 16.7 Å². The highest BCUT2D eigenvalue weighted by molar-refractivity contribution is 6.32. The van der Waals surface area contributed by atoms with Crippen LogP contribution in [0.15, 0.2) is 12.1 Å². The summed E-state index contributed by atoms with van der Waals surface area (Å²) in [5, 5.41) is 20.7. The van der Waals surface area contributed by atoms with Crippen LogP contribution in [-0.4, -0.2) is 30.8 Å². The molecule has 138 valence electrons. The summed E-state index contributed by atoms with van der Waals surface area (Å²) in [6.07, 6.45) is 0. The molecular weight excluding hydrogens is 361 g/mol. The van der Waals surface area contributed by atoms with E-state index >= 15 is 0 Å². The van der Waals surface area contributed by atoms with Gasteiger partial charge in [-0.3, -0.25) is 5.10 Å². The lowest BCUT2D eigenvalue weighted by Crippen LogP contribution is -2.12. The number of hydrogen-bond acceptors (Lipinski definition) is 4. The van der Waals surface area contributed by atoms with Crippen LogP contribution < -0.4 is 5.32 Å². The molecule has 26 heavy (non-hydrogen) atoms. The average molecular weight is 380 g/mol. The van der Waals surface area contributed by atoms with Gasteiger partial charge in [0, 0.05) is 17.5 Å². The molecule has 2 aromatic heterocycles. The molecular formula is C17H19ClFN5O2. The van der Waals surface area contributed by atoms with Crippen molar-refractivity contribution in [1.82, 2.24) is 19.7 Å². The lowest BCUT2D eigenvalue weighted by molar-refractivity contribution is 0.0680. The Morgan fingerprint density at radius 2 is 2.12 bits per heavy atom. The lowest BCUT2D eigenvalue weighted by Gasteiger charge is -2.20. The van der Waals surface area contributed by atoms with E-state index in [9.17, 15) is 9.18 Å². The molecule has 0 bridgehead atoms. The normalized spacial score (nSPS) is 11.9. The van der Waals surface area contributed by atoms with E-state index in [2.05, 4.69) is 41.3 Å². The Hall–Kier alpha value is -2.61. The minimum Gasteiger partial charge on any atom is -0.476 e. The summed E-state index contributed by atoms with van der Waals surface area (Å²) in [4.78, 5) is 14.8. The van der Waals surface area contributed by atoms with Crippen LogP contribution in [0, 0.1) is 5.95 Å². The van der Waals surface area contributed by atoms with Crippen molar-refractivity contribution in [1.29, 1.82) is 0 Å². The number of H-pyrrole nitrogens is 1. The maximum atomic E-state index is 13.7. The van der Waals surface area contributed by atoms with Gasteiger partial charge in [0.05, 0.1) is 12.1 Å². The summed E-state index contributed by atoms with van der Waals surface area (Å²) in [6.45, 7) is 6.32. The van der Waals surface area contributed by atoms with E-state index in [1.54, 1.807) is 0 Å². The second kappa shape index (κ2) is 6.28. The number of rotatable bonds is 4. The first-order chi connectivity index (χ1) is 12.1. The van der Waals surface area contributed by atoms with Gasteiger partial charge in [-0.15, -0.1) is 0 Å². The van der Waals surface area contributed by atoms with Crippen molar-refractivity contribution >= 4 is 34.3 Å². The van der Waals surface area contributed by atoms with Crippen LogP contribution >= 0.6 is 11.6 Å². The zero-order chi connectivity index (χ0) is 19.2. The second-order valence-corrected chi connectivity index (χ2v) is 7.49. The number of carboxylic acids is 1. The Morgan fingerprint density at radius 1 is 1.42 bits per heavy atom. The van der Waals surface area contributed by atoms with Crippen molar-refractivity contribution in [3.05, 3.63) is 40.2 Å². The SMILES string of the molecule is Cn1c(CNc2n[nH]c3cc(Cl)c(C(C)(C)C)cc23)nc(F)c1C(=O)O. The molecule has 9 heteroatoms. The number of aromatic nitrogens is 4. The molecule has 0 atom stereocenters. The number of fused-ring (bicyclic) bond motifs is 1. The van der Waals surface area contributed by atoms with E-state index in [0.717, 1.165) is 16.5 Å². The first-order valence-corrected chi connectivity index (χ1v) is 8.33. The van der Waals surface area contributed by atoms with Crippen molar-refractivity contribution < 1.29 is 14.3 Å². The number of nitrogens with zero attached hydrogens (tertiary/aromatic N) is 3. The lowest BCUT2D eigenvalue weighted by atomic mass is 9.86. The van der Waals surface area contributed by atoms with Crippen LogP contribution in [0.3, 0.4) is 0 Å². The molecule has 0 fully saturated rings. The van der Waals surface area contributed by atoms with Gasteiger partial charge >= 0.3 is 5.97 Å². The molecule has 7 nitrogen and oxygen atoms in total. The first-order valence-electron chi connectivity index (χ1n) is 7.96. The number of nitrogens with one attached hydrogen (secondary N) is 2. The quantitative estimate of drug-likeness (QED) is 0.642. The molecule has 3 N–H and O–H groups in total. The number of halogens is 2. The summed E-state index contributed by atoms with van der Waals surface area (Å²) in [5.41, 5.74) is 1.13. The van der Waals surface area contributed by atoms with Crippen molar-refractivity contribution in [2.45, 2.75) is 32.7 Å². The van der Waals surface area contributed by atoms with Crippen LogP contribution in [0.5, 0.6) is 0 Å². The Morgan fingerprint density at radius 3 is 2.69 bits per heavy atom. The summed E-state index contributed by atoms with van der Waals surface area (Å²) >= 11 is 6.36. The van der Waals surface area contributed by atoms with Crippen LogP contribution in [-0.2, 0) is 19.0 Å². The Labute approximate surface area is 154 Å². The molecule has 0 radical (unpaired) electrons. The largest absolute Gasteiger partial charge is 0.476 e. The van der Waals surface area contributed by atoms with Gasteiger partial charge < -0.3 is 15.0 Å². The topological polar surface area (TPSA) is 95.8 Å². The number of imidazole rings is 1. The zero-order valence-corrected chi connectivity index (χ0v) is 15.6. The predicted octanol–water partition coefficient (Wildman–Crippen LogP) is 3.70. The highest BCUT2D eigenvalue weighted by Crippen LogP contribution is 2.34. The number of benzene rings is 1. The molecule has 0 aliphatic heterocycles. The molecule has 0 aliphatic rings. The number of hydrogen-bond donors (Lipinski definition) is 3. The third kappa shape index (κ3) is 3.12. The van der Waals surface area contributed by atoms with Gasteiger partial charge in [0.15, 0.2) is 11.5 Å². The molecule has 0 amide bonds. The monoisotopic (exact) mass is 379 g/mol. The minimum absolute atomic E-state index is 0.119. The molecule has 0 unspecified atom stereocenters. The van der Waals surface area contributed by atoms with E-state index < -0.39 is 17.6 Å². The van der Waals surface area contributed by atoms with Gasteiger partial charge in [-0.2, -0.15) is 9.49 Å². The molecule has 0 saturated carbocycles. The third-order valence-electron chi connectivity index (χ3n) is 4.22. The fourth-order valence-corrected chi connectivity index (χ4v) is 3.26. The first kappa shape index (κ1) is 18.2. The number of carboxylic acid groups (broad SMARTS) is 1. The predicted molar refractivity (Wildman–Crippen MR) is 97.3 cm³/mol. The molecule has 0 saturated heterocycles. The van der Waals surface area contributed by atoms with Crippen molar-refractivity contribution in [2.24, 2.45) is 7.05 Å². The van der Waals surface area contributed by atoms with Gasteiger partial charge in [-0.05, 0) is 23.1 Å². The standard InChI is InChI=1S/C17H19ClFN5O2/c1-17(2,3)9-5-8-11(6-10(9)18)22-23-15(8)20-7-12-21-14(19)13(16(25)26)24(12)4/h5-6H,7H2,1-4H3,(H,25,26)(H2,20,22,23). The van der Waals surface area contributed by atoms with Gasteiger partial charge in [0.1, 0.15) is 5.82 Å².